The molecule has 0 saturated heterocycles. The van der Waals surface area contributed by atoms with Gasteiger partial charge in [-0.3, -0.25) is 0 Å². The van der Waals surface area contributed by atoms with E-state index in [0.717, 1.165) is 92.7 Å². The molecule has 3 nitrogen and oxygen atoms in total. The second kappa shape index (κ2) is 18.2. The molecule has 1 unspecified atom stereocenters. The number of nitrogens with one attached hydrogen (secondary N) is 1. The van der Waals surface area contributed by atoms with Crippen molar-refractivity contribution in [2.45, 2.75) is 138 Å². The van der Waals surface area contributed by atoms with E-state index in [-0.39, 0.29) is 17.7 Å². The lowest BCUT2D eigenvalue weighted by Gasteiger charge is -2.21. The summed E-state index contributed by atoms with van der Waals surface area (Å²) < 4.78 is 43.5. The molecule has 6 heteroatoms. The number of allylic oxidation sites excluding steroid dienone is 11. The summed E-state index contributed by atoms with van der Waals surface area (Å²) in [5.41, 5.74) is 5.91. The van der Waals surface area contributed by atoms with E-state index < -0.39 is 11.7 Å². The number of nitrogens with zero attached hydrogens (tertiary/aromatic N) is 2. The van der Waals surface area contributed by atoms with Gasteiger partial charge in [-0.2, -0.15) is 13.2 Å². The van der Waals surface area contributed by atoms with Crippen LogP contribution >= 0.6 is 0 Å². The second-order valence-corrected chi connectivity index (χ2v) is 12.3. The van der Waals surface area contributed by atoms with Crippen LogP contribution in [0.5, 0.6) is 0 Å². The Morgan fingerprint density at radius 2 is 1.64 bits per heavy atom. The van der Waals surface area contributed by atoms with Crippen LogP contribution in [0, 0.1) is 5.92 Å². The van der Waals surface area contributed by atoms with Gasteiger partial charge in [0.15, 0.2) is 0 Å². The fourth-order valence-electron chi connectivity index (χ4n) is 5.81. The zero-order chi connectivity index (χ0) is 32.9. The minimum Gasteiger partial charge on any atom is -0.351 e. The van der Waals surface area contributed by atoms with Crippen LogP contribution in [0.4, 0.5) is 19.1 Å². The number of halogens is 3. The lowest BCUT2D eigenvalue weighted by Crippen LogP contribution is -2.19. The molecule has 44 heavy (non-hydrogen) atoms. The third-order valence-electron chi connectivity index (χ3n) is 8.70. The Hall–Kier alpha value is -2.89. The Bertz CT molecular complexity index is 1250. The van der Waals surface area contributed by atoms with Crippen molar-refractivity contribution < 1.29 is 13.2 Å². The molecule has 1 aliphatic rings. The van der Waals surface area contributed by atoms with Gasteiger partial charge < -0.3 is 5.32 Å². The first-order valence-electron chi connectivity index (χ1n) is 16.8. The molecule has 0 radical (unpaired) electrons. The highest BCUT2D eigenvalue weighted by Crippen LogP contribution is 2.39. The summed E-state index contributed by atoms with van der Waals surface area (Å²) in [7, 11) is 0. The monoisotopic (exact) mass is 611 g/mol. The number of rotatable bonds is 16. The topological polar surface area (TPSA) is 37.8 Å². The number of hydrogen-bond donors (Lipinski definition) is 1. The van der Waals surface area contributed by atoms with E-state index in [1.807, 2.05) is 32.1 Å². The van der Waals surface area contributed by atoms with Crippen LogP contribution in [0.2, 0.25) is 0 Å². The first-order valence-corrected chi connectivity index (χ1v) is 16.8. The third kappa shape index (κ3) is 10.6. The highest BCUT2D eigenvalue weighted by atomic mass is 19.4. The van der Waals surface area contributed by atoms with Crippen molar-refractivity contribution in [1.82, 2.24) is 9.97 Å². The van der Waals surface area contributed by atoms with Gasteiger partial charge in [-0.1, -0.05) is 109 Å². The quantitative estimate of drug-likeness (QED) is 0.189. The van der Waals surface area contributed by atoms with E-state index in [9.17, 15) is 13.2 Å². The van der Waals surface area contributed by atoms with Crippen LogP contribution < -0.4 is 5.32 Å². The van der Waals surface area contributed by atoms with Crippen LogP contribution in [-0.4, -0.2) is 16.0 Å². The van der Waals surface area contributed by atoms with Gasteiger partial charge in [0.05, 0.1) is 5.69 Å². The molecule has 2 rings (SSSR count). The predicted molar refractivity (Wildman–Crippen MR) is 183 cm³/mol. The molecule has 1 saturated carbocycles. The minimum absolute atomic E-state index is 0.0623. The van der Waals surface area contributed by atoms with Crippen molar-refractivity contribution in [3.8, 4) is 0 Å². The van der Waals surface area contributed by atoms with Gasteiger partial charge in [0.2, 0.25) is 5.95 Å². The van der Waals surface area contributed by atoms with Crippen molar-refractivity contribution in [3.63, 3.8) is 0 Å². The molecular weight excluding hydrogens is 555 g/mol. The van der Waals surface area contributed by atoms with Gasteiger partial charge in [-0.15, -0.1) is 0 Å². The SMILES string of the molecule is C=C(\C=C/C(C(=C\CCC)/c1nc(NC2CCCC2)ncc1C(F)(F)F)=C(/C)CCC)C(=C(\C)C(C)CC)/C(C)=C/CCC. The van der Waals surface area contributed by atoms with Crippen molar-refractivity contribution in [3.05, 3.63) is 81.8 Å². The van der Waals surface area contributed by atoms with Gasteiger partial charge in [-0.25, -0.2) is 9.97 Å². The molecule has 1 heterocycles. The van der Waals surface area contributed by atoms with E-state index in [0.29, 0.717) is 17.9 Å². The Labute approximate surface area is 265 Å². The molecule has 1 aromatic heterocycles. The number of anilines is 1. The summed E-state index contributed by atoms with van der Waals surface area (Å²) in [5, 5.41) is 3.31. The Morgan fingerprint density at radius 3 is 2.20 bits per heavy atom. The van der Waals surface area contributed by atoms with Gasteiger partial charge in [0.1, 0.15) is 5.56 Å². The van der Waals surface area contributed by atoms with Crippen LogP contribution in [-0.2, 0) is 6.18 Å². The first kappa shape index (κ1) is 37.3. The highest BCUT2D eigenvalue weighted by Gasteiger charge is 2.36. The minimum atomic E-state index is -4.59. The van der Waals surface area contributed by atoms with Crippen molar-refractivity contribution in [1.29, 1.82) is 0 Å². The van der Waals surface area contributed by atoms with E-state index in [1.165, 1.54) is 11.1 Å². The van der Waals surface area contributed by atoms with E-state index in [1.54, 1.807) is 0 Å². The van der Waals surface area contributed by atoms with Gasteiger partial charge in [-0.05, 0) is 87.5 Å². The van der Waals surface area contributed by atoms with Gasteiger partial charge >= 0.3 is 6.18 Å². The fourth-order valence-corrected chi connectivity index (χ4v) is 5.81. The third-order valence-corrected chi connectivity index (χ3v) is 8.70. The summed E-state index contributed by atoms with van der Waals surface area (Å²) in [6, 6.07) is 0.186. The smallest absolute Gasteiger partial charge is 0.351 e. The molecule has 1 aromatic rings. The fraction of sp³-hybridized carbons (Fsp3) is 0.579. The molecule has 1 atom stereocenters. The summed E-state index contributed by atoms with van der Waals surface area (Å²) in [4.78, 5) is 8.71. The van der Waals surface area contributed by atoms with Crippen molar-refractivity contribution in [2.24, 2.45) is 5.92 Å². The first-order chi connectivity index (χ1) is 20.9. The molecule has 1 fully saturated rings. The maximum Gasteiger partial charge on any atom is 0.419 e. The Morgan fingerprint density at radius 1 is 1.00 bits per heavy atom. The van der Waals surface area contributed by atoms with Crippen molar-refractivity contribution >= 4 is 11.5 Å². The molecule has 0 amide bonds. The molecule has 244 valence electrons. The predicted octanol–water partition coefficient (Wildman–Crippen LogP) is 12.4. The Kier molecular flexibility index (Phi) is 15.4. The van der Waals surface area contributed by atoms with Gasteiger partial charge in [0, 0.05) is 17.8 Å². The Balaban J connectivity index is 2.77. The number of unbranched alkanes of at least 4 members (excludes halogenated alkanes) is 2. The number of alkyl halides is 3. The summed E-state index contributed by atoms with van der Waals surface area (Å²) in [5.74, 6) is 0.646. The van der Waals surface area contributed by atoms with Crippen molar-refractivity contribution in [2.75, 3.05) is 5.32 Å². The molecule has 1 aliphatic carbocycles. The van der Waals surface area contributed by atoms with Crippen LogP contribution in [0.3, 0.4) is 0 Å². The zero-order valence-corrected chi connectivity index (χ0v) is 28.6. The van der Waals surface area contributed by atoms with E-state index in [4.69, 9.17) is 0 Å². The largest absolute Gasteiger partial charge is 0.419 e. The molecular formula is C38H56F3N3. The average Bonchev–Trinajstić information content (AvgIpc) is 3.49. The van der Waals surface area contributed by atoms with Crippen LogP contribution in [0.25, 0.3) is 5.57 Å². The molecule has 0 bridgehead atoms. The van der Waals surface area contributed by atoms with E-state index >= 15 is 0 Å². The average molecular weight is 612 g/mol. The standard InChI is InChI=1S/C38H56F3N3/c1-10-14-19-28(7)35(30(9)26(5)13-4)29(8)23-24-32(27(6)18-12-3)33(22-15-11-2)36-34(38(39,40)41)25-42-37(44-36)43-31-20-16-17-21-31/h19,22-26,31H,8,10-18,20-21H2,1-7,9H3,(H,42,43,44)/b24-23-,28-19+,32-27+,33-22+,35-30+. The van der Waals surface area contributed by atoms with Crippen LogP contribution in [0.1, 0.15) is 137 Å². The highest BCUT2D eigenvalue weighted by molar-refractivity contribution is 5.83. The lowest BCUT2D eigenvalue weighted by atomic mass is 9.86. The molecule has 0 aromatic carbocycles. The van der Waals surface area contributed by atoms with E-state index in [2.05, 4.69) is 69.5 Å². The normalized spacial score (nSPS) is 17.2. The summed E-state index contributed by atoms with van der Waals surface area (Å²) in [6.45, 7) is 21.5. The molecule has 1 N–H and O–H groups in total. The molecule has 0 aliphatic heterocycles. The second-order valence-electron chi connectivity index (χ2n) is 12.3. The van der Waals surface area contributed by atoms with Crippen LogP contribution in [0.15, 0.2) is 70.5 Å². The number of hydrogen-bond acceptors (Lipinski definition) is 3. The zero-order valence-electron chi connectivity index (χ0n) is 28.6. The summed E-state index contributed by atoms with van der Waals surface area (Å²) in [6.07, 6.45) is 14.8. The van der Waals surface area contributed by atoms with Gasteiger partial charge in [0.25, 0.3) is 0 Å². The maximum absolute atomic E-state index is 14.5. The lowest BCUT2D eigenvalue weighted by molar-refractivity contribution is -0.138. The molecule has 0 spiro atoms. The number of aromatic nitrogens is 2. The maximum atomic E-state index is 14.5. The summed E-state index contributed by atoms with van der Waals surface area (Å²) >= 11 is 0.